The Kier molecular flexibility index (Phi) is 16.8. The highest BCUT2D eigenvalue weighted by Gasteiger charge is 2.43. The van der Waals surface area contributed by atoms with Crippen LogP contribution in [0.1, 0.15) is 171 Å². The summed E-state index contributed by atoms with van der Waals surface area (Å²) < 4.78 is 43.6. The van der Waals surface area contributed by atoms with Crippen LogP contribution in [0.4, 0.5) is 29.7 Å². The third-order valence-corrected chi connectivity index (χ3v) is 17.9. The Morgan fingerprint density at radius 1 is 0.654 bits per heavy atom. The Morgan fingerprint density at radius 3 is 1.96 bits per heavy atom. The van der Waals surface area contributed by atoms with E-state index in [0.717, 1.165) is 103 Å². The van der Waals surface area contributed by atoms with Gasteiger partial charge in [-0.3, -0.25) is 9.59 Å². The number of amides is 3. The molecule has 5 heterocycles. The van der Waals surface area contributed by atoms with E-state index in [4.69, 9.17) is 19.4 Å². The summed E-state index contributed by atoms with van der Waals surface area (Å²) in [6.07, 6.45) is 9.04. The molecule has 1 aliphatic carbocycles. The molecule has 3 aliphatic heterocycles. The molecule has 3 amide bonds. The number of alkyl carbamates (subject to hydrolysis) is 2. The van der Waals surface area contributed by atoms with Crippen molar-refractivity contribution in [1.29, 1.82) is 0 Å². The lowest BCUT2D eigenvalue weighted by molar-refractivity contribution is -0.137. The molecule has 4 aliphatic rings. The number of carbonyl (C=O) groups is 4. The fourth-order valence-electron chi connectivity index (χ4n) is 13.7. The first kappa shape index (κ1) is 57.2. The first-order valence-electron chi connectivity index (χ1n) is 29.4. The molecular weight excluding hydrogens is 1030 g/mol. The topological polar surface area (TPSA) is 178 Å². The molecule has 4 fully saturated rings. The number of nitrogens with zero attached hydrogens (tertiary/aromatic N) is 5. The number of hydrogen-bond donors (Lipinski definition) is 4. The first-order valence-corrected chi connectivity index (χ1v) is 29.4. The molecule has 15 nitrogen and oxygen atoms in total. The van der Waals surface area contributed by atoms with Crippen LogP contribution in [0.15, 0.2) is 78.9 Å². The summed E-state index contributed by atoms with van der Waals surface area (Å²) >= 11 is 0. The molecule has 0 spiro atoms. The van der Waals surface area contributed by atoms with Crippen molar-refractivity contribution in [2.24, 2.45) is 16.7 Å². The van der Waals surface area contributed by atoms with Crippen LogP contribution in [-0.4, -0.2) is 101 Å². The minimum absolute atomic E-state index is 0.00559. The van der Waals surface area contributed by atoms with E-state index < -0.39 is 46.7 Å². The molecule has 432 valence electrons. The van der Waals surface area contributed by atoms with Gasteiger partial charge in [-0.2, -0.15) is 0 Å². The molecule has 7 atom stereocenters. The van der Waals surface area contributed by atoms with Crippen LogP contribution in [0, 0.1) is 28.4 Å². The van der Waals surface area contributed by atoms with Crippen molar-refractivity contribution in [3.63, 3.8) is 0 Å². The zero-order chi connectivity index (χ0) is 57.3. The van der Waals surface area contributed by atoms with Crippen LogP contribution in [0.5, 0.6) is 0 Å². The van der Waals surface area contributed by atoms with Crippen molar-refractivity contribution in [2.75, 3.05) is 43.7 Å². The fraction of sp³-hybridized carbons (Fsp3) is 0.531. The standard InChI is InChI=1S/C64H81F2N9O6/c1-63(2,3)56(71-61(78)80-7)54(76)35-41-18-13-10-14-19-45(41)58-67-49-25-22-42(34-51(49)69-58)52-26-23-43(75(52)44-36-46(65)55(47(66)37-44)73-30-27-40(28-31-73)39-16-11-9-12-17-39)32-38-21-24-48-50(33-38)70-59(68-48)53-20-15-29-74(53)60(77)57(64(4,5)6)72-62(79)81-8/h9,11-12,16-17,21-22,24-25,33-34,36-37,40-41,43,45,52-53,56-57H,10,13-15,18-20,23,26-32,35H2,1-8H3,(H,67,69)(H,68,70)(H,71,78)(H,72,79)/t41?,43?,45-,52-,53+,56-,57-/m1/s1. The van der Waals surface area contributed by atoms with Gasteiger partial charge < -0.3 is 44.8 Å². The molecule has 10 rings (SSSR count). The molecule has 2 unspecified atom stereocenters. The highest BCUT2D eigenvalue weighted by molar-refractivity contribution is 5.89. The zero-order valence-electron chi connectivity index (χ0n) is 48.4. The second kappa shape index (κ2) is 23.8. The minimum Gasteiger partial charge on any atom is -0.453 e. The number of Topliss-reactive ketones (excluding diaryl/α,β-unsaturated/α-hetero) is 1. The number of piperidine rings is 1. The van der Waals surface area contributed by atoms with E-state index in [1.165, 1.54) is 31.9 Å². The summed E-state index contributed by atoms with van der Waals surface area (Å²) in [4.78, 5) is 76.3. The van der Waals surface area contributed by atoms with Gasteiger partial charge in [-0.25, -0.2) is 28.3 Å². The Bertz CT molecular complexity index is 3210. The molecule has 6 aromatic rings. The van der Waals surface area contributed by atoms with Gasteiger partial charge >= 0.3 is 12.2 Å². The number of imidazole rings is 2. The van der Waals surface area contributed by atoms with E-state index in [2.05, 4.69) is 61.9 Å². The maximum atomic E-state index is 16.9. The summed E-state index contributed by atoms with van der Waals surface area (Å²) in [5.74, 6) is 0.528. The van der Waals surface area contributed by atoms with Crippen molar-refractivity contribution in [1.82, 2.24) is 35.5 Å². The number of nitrogens with one attached hydrogen (secondary N) is 4. The van der Waals surface area contributed by atoms with Gasteiger partial charge in [-0.05, 0) is 134 Å². The number of fused-ring (bicyclic) bond motifs is 2. The van der Waals surface area contributed by atoms with Crippen molar-refractivity contribution in [3.05, 3.63) is 119 Å². The molecular formula is C64H81F2N9O6. The predicted octanol–water partition coefficient (Wildman–Crippen LogP) is 12.9. The normalized spacial score (nSPS) is 22.0. The largest absolute Gasteiger partial charge is 0.453 e. The third kappa shape index (κ3) is 12.4. The van der Waals surface area contributed by atoms with Crippen molar-refractivity contribution in [3.8, 4) is 0 Å². The van der Waals surface area contributed by atoms with Crippen molar-refractivity contribution < 1.29 is 37.4 Å². The lowest BCUT2D eigenvalue weighted by Crippen LogP contribution is -2.54. The SMILES string of the molecule is COC(=O)N[C@H](C(=O)CC1CCCCC[C@H]1c1nc2ccc([C@H]3CCC(Cc4ccc5nc([C@@H]6CCCN6C(=O)[C@@H](NC(=O)OC)C(C)(C)C)[nH]c5c4)N3c3cc(F)c(N4CCC(c5ccccc5)CC4)c(F)c3)cc2[nH]1)C(C)(C)C. The van der Waals surface area contributed by atoms with E-state index in [1.54, 1.807) is 0 Å². The second-order valence-electron chi connectivity index (χ2n) is 25.4. The first-order chi connectivity index (χ1) is 38.8. The van der Waals surface area contributed by atoms with Crippen LogP contribution < -0.4 is 20.4 Å². The number of aromatic amines is 2. The summed E-state index contributed by atoms with van der Waals surface area (Å²) in [7, 11) is 2.59. The van der Waals surface area contributed by atoms with Crippen LogP contribution in [0.25, 0.3) is 22.1 Å². The number of aromatic nitrogens is 4. The van der Waals surface area contributed by atoms with Crippen LogP contribution in [0.3, 0.4) is 0 Å². The number of anilines is 2. The Balaban J connectivity index is 0.939. The quantitative estimate of drug-likeness (QED) is 0.0768. The Hall–Kier alpha value is -7.04. The summed E-state index contributed by atoms with van der Waals surface area (Å²) in [6, 6.07) is 23.7. The molecule has 17 heteroatoms. The second-order valence-corrected chi connectivity index (χ2v) is 25.4. The van der Waals surface area contributed by atoms with E-state index in [9.17, 15) is 19.2 Å². The average Bonchev–Trinajstić information content (AvgIpc) is 4.31. The molecule has 0 radical (unpaired) electrons. The number of likely N-dealkylation sites (tertiary alicyclic amines) is 1. The minimum atomic E-state index is -0.802. The van der Waals surface area contributed by atoms with Crippen LogP contribution in [-0.2, 0) is 25.5 Å². The van der Waals surface area contributed by atoms with E-state index in [-0.39, 0.29) is 47.3 Å². The molecule has 4 aromatic carbocycles. The number of ether oxygens (including phenoxy) is 2. The van der Waals surface area contributed by atoms with Crippen molar-refractivity contribution in [2.45, 2.75) is 167 Å². The lowest BCUT2D eigenvalue weighted by atomic mass is 9.77. The van der Waals surface area contributed by atoms with Gasteiger partial charge in [0.25, 0.3) is 0 Å². The van der Waals surface area contributed by atoms with Gasteiger partial charge in [-0.15, -0.1) is 0 Å². The molecule has 4 N–H and O–H groups in total. The maximum absolute atomic E-state index is 16.9. The average molecular weight is 1110 g/mol. The number of benzene rings is 4. The van der Waals surface area contributed by atoms with E-state index in [0.29, 0.717) is 56.3 Å². The lowest BCUT2D eigenvalue weighted by Gasteiger charge is -2.36. The van der Waals surface area contributed by atoms with Gasteiger partial charge in [0.15, 0.2) is 17.4 Å². The number of H-pyrrole nitrogens is 2. The highest BCUT2D eigenvalue weighted by Crippen LogP contribution is 2.46. The number of methoxy groups -OCH3 is 2. The van der Waals surface area contributed by atoms with E-state index >= 15 is 8.78 Å². The van der Waals surface area contributed by atoms with Crippen LogP contribution in [0.2, 0.25) is 0 Å². The predicted molar refractivity (Wildman–Crippen MR) is 311 cm³/mol. The molecule has 2 aromatic heterocycles. The van der Waals surface area contributed by atoms with Crippen molar-refractivity contribution >= 4 is 57.3 Å². The fourth-order valence-corrected chi connectivity index (χ4v) is 13.7. The Labute approximate surface area is 474 Å². The van der Waals surface area contributed by atoms with E-state index in [1.807, 2.05) is 81.7 Å². The highest BCUT2D eigenvalue weighted by atomic mass is 19.1. The smallest absolute Gasteiger partial charge is 0.407 e. The molecule has 3 saturated heterocycles. The van der Waals surface area contributed by atoms with Crippen LogP contribution >= 0.6 is 0 Å². The molecule has 1 saturated carbocycles. The number of hydrogen-bond acceptors (Lipinski definition) is 10. The Morgan fingerprint density at radius 2 is 1.28 bits per heavy atom. The molecule has 81 heavy (non-hydrogen) atoms. The third-order valence-electron chi connectivity index (χ3n) is 17.9. The number of ketones is 1. The summed E-state index contributed by atoms with van der Waals surface area (Å²) in [5, 5.41) is 5.57. The van der Waals surface area contributed by atoms with Gasteiger partial charge in [0, 0.05) is 43.7 Å². The van der Waals surface area contributed by atoms with Gasteiger partial charge in [0.2, 0.25) is 5.91 Å². The number of halogens is 2. The summed E-state index contributed by atoms with van der Waals surface area (Å²) in [6.45, 7) is 13.2. The monoisotopic (exact) mass is 1110 g/mol. The number of carbonyl (C=O) groups excluding carboxylic acids is 4. The summed E-state index contributed by atoms with van der Waals surface area (Å²) in [5.41, 5.74) is 5.97. The molecule has 0 bridgehead atoms. The number of rotatable bonds is 14. The van der Waals surface area contributed by atoms with Gasteiger partial charge in [-0.1, -0.05) is 103 Å². The van der Waals surface area contributed by atoms with Gasteiger partial charge in [0.05, 0.1) is 54.4 Å². The van der Waals surface area contributed by atoms with Gasteiger partial charge in [0.1, 0.15) is 23.4 Å². The zero-order valence-corrected chi connectivity index (χ0v) is 48.4. The maximum Gasteiger partial charge on any atom is 0.407 e.